The average Bonchev–Trinajstić information content (AvgIpc) is 1.60. The Bertz CT molecular complexity index is 3940. The summed E-state index contributed by atoms with van der Waals surface area (Å²) in [6.45, 7) is 17.3. The molecule has 3 unspecified atom stereocenters. The molecule has 3 aliphatic carbocycles. The molecule has 3 saturated heterocycles. The van der Waals surface area contributed by atoms with Crippen molar-refractivity contribution in [1.82, 2.24) is 0 Å². The number of hydrogen-bond donors (Lipinski definition) is 0. The summed E-state index contributed by atoms with van der Waals surface area (Å²) in [6, 6.07) is 44.1. The summed E-state index contributed by atoms with van der Waals surface area (Å²) in [6.07, 6.45) is 2.68. The second-order valence-electron chi connectivity index (χ2n) is 24.4. The third-order valence-corrected chi connectivity index (χ3v) is 20.2. The highest BCUT2D eigenvalue weighted by atomic mass is 35.6. The van der Waals surface area contributed by atoms with Gasteiger partial charge in [-0.3, -0.25) is 28.8 Å². The average molecular weight is 1380 g/mol. The van der Waals surface area contributed by atoms with E-state index in [0.717, 1.165) is 44.5 Å². The van der Waals surface area contributed by atoms with Crippen LogP contribution in [0.15, 0.2) is 152 Å². The van der Waals surface area contributed by atoms with Gasteiger partial charge < -0.3 is 14.2 Å². The Morgan fingerprint density at radius 2 is 0.802 bits per heavy atom. The minimum Gasteiger partial charge on any atom is -0.364 e. The number of epoxide rings is 3. The van der Waals surface area contributed by atoms with Crippen LogP contribution in [0.4, 0.5) is 0 Å². The molecule has 9 nitrogen and oxygen atoms in total. The number of hydrogen-bond acceptors (Lipinski definition) is 9. The van der Waals surface area contributed by atoms with E-state index in [1.165, 1.54) is 12.1 Å². The third-order valence-electron chi connectivity index (χ3n) is 18.4. The van der Waals surface area contributed by atoms with Crippen LogP contribution in [0.3, 0.4) is 0 Å². The molecule has 3 fully saturated rings. The van der Waals surface area contributed by atoms with E-state index in [-0.39, 0.29) is 52.2 Å². The van der Waals surface area contributed by atoms with Crippen molar-refractivity contribution in [2.45, 2.75) is 115 Å². The van der Waals surface area contributed by atoms with Gasteiger partial charge in [-0.2, -0.15) is 0 Å². The van der Waals surface area contributed by atoms with Crippen LogP contribution in [-0.2, 0) is 31.0 Å². The maximum absolute atomic E-state index is 13.2. The standard InChI is InChI=1S/C21H18Cl2O3.C21H19ClO3.C20H17ClO2.C11H10Cl4O.CH4/c1-3-20(10-21(11-26-21)13-6-4-5-12(2)7-13)18(24)14-8-16(22)17(23)9-15(14)19(20)25;1-3-20(18(23)16-6-4-5-7-17(16)19(20)24)11-21(12-25-21)14-8-13(2)9-15(22)10-14;1-3-20(12-13(2)14-7-6-8-15(21)11-14)18(22)16-9-4-5-10-17(16)19(20)23;1-7-2-8(4-9(12)3-7)10(6-16-10)5-11(13,14)15;/h4-9H,3,10-11H2,1-2H3;4-10H,3,11-12H2,1-2H3;4-11H,2-3,12H2,1H3;2-4H,5-6H2,1H3;1H4. The minimum absolute atomic E-state index is 0. The van der Waals surface area contributed by atoms with Crippen LogP contribution in [0.25, 0.3) is 5.57 Å². The maximum atomic E-state index is 13.2. The summed E-state index contributed by atoms with van der Waals surface area (Å²) in [4.78, 5) is 78.6. The van der Waals surface area contributed by atoms with Crippen LogP contribution in [0.5, 0.6) is 0 Å². The summed E-state index contributed by atoms with van der Waals surface area (Å²) in [5.74, 6) is -0.705. The van der Waals surface area contributed by atoms with Crippen molar-refractivity contribution in [3.8, 4) is 0 Å². The van der Waals surface area contributed by atoms with Gasteiger partial charge in [0.25, 0.3) is 0 Å². The molecule has 0 radical (unpaired) electrons. The number of rotatable bonds is 14. The fourth-order valence-electron chi connectivity index (χ4n) is 13.1. The fraction of sp³-hybridized carbons (Fsp3) is 0.324. The van der Waals surface area contributed by atoms with Crippen LogP contribution in [0, 0.1) is 37.0 Å². The van der Waals surface area contributed by atoms with E-state index in [0.29, 0.717) is 113 Å². The summed E-state index contributed by atoms with van der Waals surface area (Å²) in [5.41, 5.74) is 5.77. The number of ether oxygens (including phenoxy) is 3. The Hall–Kier alpha value is -5.50. The Morgan fingerprint density at radius 3 is 1.18 bits per heavy atom. The molecule has 17 heteroatoms. The highest BCUT2D eigenvalue weighted by molar-refractivity contribution is 6.67. The van der Waals surface area contributed by atoms with E-state index < -0.39 is 36.8 Å². The van der Waals surface area contributed by atoms with Crippen molar-refractivity contribution in [2.75, 3.05) is 19.8 Å². The zero-order chi connectivity index (χ0) is 65.1. The number of Topliss-reactive ketones (excluding diaryl/α,β-unsaturated/α-hetero) is 6. The van der Waals surface area contributed by atoms with Gasteiger partial charge in [0.1, 0.15) is 22.2 Å². The summed E-state index contributed by atoms with van der Waals surface area (Å²) in [7, 11) is 0. The van der Waals surface area contributed by atoms with E-state index in [9.17, 15) is 28.8 Å². The van der Waals surface area contributed by atoms with Gasteiger partial charge in [0.05, 0.1) is 40.7 Å². The van der Waals surface area contributed by atoms with Crippen LogP contribution in [0.1, 0.15) is 174 Å². The van der Waals surface area contributed by atoms with Gasteiger partial charge in [-0.05, 0) is 134 Å². The van der Waals surface area contributed by atoms with Crippen molar-refractivity contribution in [3.63, 3.8) is 0 Å². The van der Waals surface area contributed by atoms with Crippen molar-refractivity contribution >= 4 is 133 Å². The highest BCUT2D eigenvalue weighted by Crippen LogP contribution is 2.57. The normalized spacial score (nSPS) is 21.4. The van der Waals surface area contributed by atoms with Gasteiger partial charge in [-0.25, -0.2) is 0 Å². The number of carbonyl (C=O) groups excluding carboxylic acids is 6. The zero-order valence-electron chi connectivity index (χ0n) is 50.3. The van der Waals surface area contributed by atoms with E-state index in [1.807, 2.05) is 114 Å². The molecule has 91 heavy (non-hydrogen) atoms. The Labute approximate surface area is 571 Å². The predicted molar refractivity (Wildman–Crippen MR) is 366 cm³/mol. The first kappa shape index (κ1) is 69.8. The number of fused-ring (bicyclic) bond motifs is 3. The first-order valence-electron chi connectivity index (χ1n) is 29.6. The molecule has 0 aromatic heterocycles. The van der Waals surface area contributed by atoms with Crippen molar-refractivity contribution < 1.29 is 43.0 Å². The Balaban J connectivity index is 0.000000145. The first-order chi connectivity index (χ1) is 42.5. The van der Waals surface area contributed by atoms with Crippen LogP contribution >= 0.6 is 92.8 Å². The largest absolute Gasteiger partial charge is 0.364 e. The lowest BCUT2D eigenvalue weighted by Gasteiger charge is -2.28. The highest BCUT2D eigenvalue weighted by Gasteiger charge is 2.62. The van der Waals surface area contributed by atoms with E-state index in [2.05, 4.69) is 12.6 Å². The second-order valence-corrected chi connectivity index (χ2v) is 29.0. The van der Waals surface area contributed by atoms with Crippen molar-refractivity contribution in [1.29, 1.82) is 0 Å². The molecule has 7 aromatic rings. The molecule has 0 saturated carbocycles. The number of allylic oxidation sites excluding steroid dienone is 1. The van der Waals surface area contributed by atoms with Gasteiger partial charge in [0.15, 0.2) is 38.5 Å². The van der Waals surface area contributed by atoms with Crippen LogP contribution in [-0.4, -0.2) is 58.3 Å². The van der Waals surface area contributed by atoms with Gasteiger partial charge in [-0.1, -0.05) is 230 Å². The molecule has 0 bridgehead atoms. The smallest absolute Gasteiger partial charge is 0.193 e. The summed E-state index contributed by atoms with van der Waals surface area (Å²) < 4.78 is 15.8. The molecule has 7 aromatic carbocycles. The number of halogens is 8. The second kappa shape index (κ2) is 26.7. The molecular formula is C74H68Cl8O9. The molecule has 3 atom stereocenters. The lowest BCUT2D eigenvalue weighted by molar-refractivity contribution is 0.0606. The SMILES string of the molecule is C.C=C(CC1(CC)C(=O)c2ccccc2C1=O)c1cccc(Cl)c1.CCC1(CC2(c3cc(C)cc(Cl)c3)CO2)C(=O)c2ccccc2C1=O.CCC1(CC2(c3cccc(C)c3)CO2)C(=O)c2cc(Cl)c(Cl)cc2C1=O.Cc1cc(Cl)cc(C2(CC(Cl)(Cl)Cl)CO2)c1. The number of ketones is 6. The topological polar surface area (TPSA) is 140 Å². The predicted octanol–water partition coefficient (Wildman–Crippen LogP) is 20.6. The number of benzene rings is 7. The van der Waals surface area contributed by atoms with E-state index >= 15 is 0 Å². The fourth-order valence-corrected chi connectivity index (χ4v) is 14.9. The zero-order valence-corrected chi connectivity index (χ0v) is 56.4. The molecule has 474 valence electrons. The third kappa shape index (κ3) is 13.6. The summed E-state index contributed by atoms with van der Waals surface area (Å²) >= 11 is 47.8. The first-order valence-corrected chi connectivity index (χ1v) is 32.6. The molecule has 0 N–H and O–H groups in total. The van der Waals surface area contributed by atoms with Crippen LogP contribution in [0.2, 0.25) is 25.1 Å². The van der Waals surface area contributed by atoms with Gasteiger partial charge in [-0.15, -0.1) is 0 Å². The monoisotopic (exact) mass is 1380 g/mol. The van der Waals surface area contributed by atoms with Crippen molar-refractivity contribution in [3.05, 3.63) is 250 Å². The summed E-state index contributed by atoms with van der Waals surface area (Å²) in [5, 5.41) is 2.50. The van der Waals surface area contributed by atoms with Crippen LogP contribution < -0.4 is 0 Å². The molecule has 3 aliphatic heterocycles. The lowest BCUT2D eigenvalue weighted by Crippen LogP contribution is -2.37. The van der Waals surface area contributed by atoms with Gasteiger partial charge >= 0.3 is 0 Å². The number of alkyl halides is 3. The van der Waals surface area contributed by atoms with E-state index in [1.54, 1.807) is 54.6 Å². The molecule has 3 heterocycles. The molecule has 0 amide bonds. The quantitative estimate of drug-likeness (QED) is 0.0591. The minimum atomic E-state index is -1.31. The van der Waals surface area contributed by atoms with Gasteiger partial charge in [0.2, 0.25) is 0 Å². The maximum Gasteiger partial charge on any atom is 0.193 e. The lowest BCUT2D eigenvalue weighted by atomic mass is 9.71. The number of carbonyl (C=O) groups is 6. The number of aryl methyl sites for hydroxylation is 3. The molecule has 6 aliphatic rings. The molecule has 0 spiro atoms. The van der Waals surface area contributed by atoms with Crippen molar-refractivity contribution in [2.24, 2.45) is 16.2 Å². The molecular weight excluding hydrogens is 1320 g/mol. The Kier molecular flexibility index (Phi) is 20.5. The van der Waals surface area contributed by atoms with Gasteiger partial charge in [0, 0.05) is 67.7 Å². The Morgan fingerprint density at radius 1 is 0.429 bits per heavy atom. The van der Waals surface area contributed by atoms with E-state index in [4.69, 9.17) is 107 Å². The molecule has 13 rings (SSSR count).